The fourth-order valence-electron chi connectivity index (χ4n) is 4.11. The third-order valence-electron chi connectivity index (χ3n) is 6.22. The van der Waals surface area contributed by atoms with Gasteiger partial charge in [0.2, 0.25) is 10.0 Å². The van der Waals surface area contributed by atoms with E-state index in [4.69, 9.17) is 19.8 Å². The molecule has 0 atom stereocenters. The number of aromatic nitrogens is 1. The number of sulfonamides is 1. The molecule has 0 aromatic carbocycles. The Hall–Kier alpha value is -2.46. The van der Waals surface area contributed by atoms with Gasteiger partial charge in [-0.1, -0.05) is 6.07 Å². The summed E-state index contributed by atoms with van der Waals surface area (Å²) in [6, 6.07) is 4.12. The molecule has 3 heterocycles. The van der Waals surface area contributed by atoms with Crippen LogP contribution in [0.15, 0.2) is 24.5 Å². The second-order valence-electron chi connectivity index (χ2n) is 9.07. The summed E-state index contributed by atoms with van der Waals surface area (Å²) in [4.78, 5) is 24.5. The molecule has 0 radical (unpaired) electrons. The van der Waals surface area contributed by atoms with Crippen LogP contribution in [-0.4, -0.2) is 88.5 Å². The Morgan fingerprint density at radius 2 is 1.46 bits per heavy atom. The molecule has 1 aromatic heterocycles. The quantitative estimate of drug-likeness (QED) is 0.535. The number of aliphatic carboxylic acids is 2. The SMILES string of the molecule is O=C(O)C(F)(F)F.O=C(O)C(F)(F)F.O=S(=O)(C1CC1)N1CCC2(CCN(Cc3cccnc3)C2)CC1. The van der Waals surface area contributed by atoms with Gasteiger partial charge >= 0.3 is 24.3 Å². The molecule has 2 saturated heterocycles. The van der Waals surface area contributed by atoms with E-state index >= 15 is 0 Å². The zero-order chi connectivity index (χ0) is 28.1. The number of rotatable bonds is 4. The maximum Gasteiger partial charge on any atom is 0.490 e. The summed E-state index contributed by atoms with van der Waals surface area (Å²) in [5, 5.41) is 14.2. The van der Waals surface area contributed by atoms with E-state index in [0.717, 1.165) is 58.4 Å². The predicted octanol–water partition coefficient (Wildman–Crippen LogP) is 3.13. The van der Waals surface area contributed by atoms with Crippen LogP contribution in [0.25, 0.3) is 0 Å². The number of carbonyl (C=O) groups is 2. The molecule has 2 N–H and O–H groups in total. The molecule has 1 saturated carbocycles. The minimum Gasteiger partial charge on any atom is -0.475 e. The molecule has 0 amide bonds. The summed E-state index contributed by atoms with van der Waals surface area (Å²) in [6.07, 6.45) is -1.46. The molecule has 0 unspecified atom stereocenters. The van der Waals surface area contributed by atoms with E-state index in [9.17, 15) is 34.8 Å². The lowest BCUT2D eigenvalue weighted by atomic mass is 9.78. The van der Waals surface area contributed by atoms with Crippen molar-refractivity contribution in [1.29, 1.82) is 0 Å². The molecular formula is C21H27F6N3O6S. The van der Waals surface area contributed by atoms with E-state index in [0.29, 0.717) is 5.41 Å². The smallest absolute Gasteiger partial charge is 0.475 e. The van der Waals surface area contributed by atoms with Gasteiger partial charge in [-0.05, 0) is 55.7 Å². The second-order valence-corrected chi connectivity index (χ2v) is 11.3. The van der Waals surface area contributed by atoms with Crippen LogP contribution in [0.4, 0.5) is 26.3 Å². The standard InChI is InChI=1S/C17H25N3O2S.2C2HF3O2/c21-23(22,16-3-4-16)20-10-6-17(7-11-20)5-9-19(14-17)13-15-2-1-8-18-12-15;2*3-2(4,5)1(6)7/h1-2,8,12,16H,3-7,9-11,13-14H2;2*(H,6,7). The predicted molar refractivity (Wildman–Crippen MR) is 117 cm³/mol. The van der Waals surface area contributed by atoms with Gasteiger partial charge in [0.1, 0.15) is 0 Å². The van der Waals surface area contributed by atoms with Gasteiger partial charge < -0.3 is 10.2 Å². The van der Waals surface area contributed by atoms with Crippen molar-refractivity contribution in [3.8, 4) is 0 Å². The summed E-state index contributed by atoms with van der Waals surface area (Å²) < 4.78 is 90.0. The number of hydrogen-bond acceptors (Lipinski definition) is 6. The van der Waals surface area contributed by atoms with Gasteiger partial charge in [-0.25, -0.2) is 22.3 Å². The van der Waals surface area contributed by atoms with Crippen molar-refractivity contribution in [2.45, 2.75) is 56.3 Å². The van der Waals surface area contributed by atoms with Crippen LogP contribution in [0, 0.1) is 5.41 Å². The van der Waals surface area contributed by atoms with Gasteiger partial charge in [-0.15, -0.1) is 0 Å². The van der Waals surface area contributed by atoms with Crippen molar-refractivity contribution in [3.05, 3.63) is 30.1 Å². The topological polar surface area (TPSA) is 128 Å². The number of likely N-dealkylation sites (tertiary alicyclic amines) is 1. The van der Waals surface area contributed by atoms with E-state index in [1.807, 2.05) is 18.5 Å². The number of carboxylic acids is 2. The average molecular weight is 564 g/mol. The third-order valence-corrected chi connectivity index (χ3v) is 8.62. The highest BCUT2D eigenvalue weighted by Crippen LogP contribution is 2.42. The zero-order valence-electron chi connectivity index (χ0n) is 19.5. The molecule has 9 nitrogen and oxygen atoms in total. The first-order chi connectivity index (χ1) is 17.0. The molecule has 3 aliphatic rings. The lowest BCUT2D eigenvalue weighted by molar-refractivity contribution is -0.193. The summed E-state index contributed by atoms with van der Waals surface area (Å²) in [5.41, 5.74) is 1.59. The summed E-state index contributed by atoms with van der Waals surface area (Å²) in [5.74, 6) is -5.51. The van der Waals surface area contributed by atoms with Crippen molar-refractivity contribution in [3.63, 3.8) is 0 Å². The highest BCUT2D eigenvalue weighted by Gasteiger charge is 2.46. The molecule has 1 aliphatic carbocycles. The minimum atomic E-state index is -5.08. The monoisotopic (exact) mass is 563 g/mol. The fraction of sp³-hybridized carbons (Fsp3) is 0.667. The number of piperidine rings is 1. The molecule has 16 heteroatoms. The number of hydrogen-bond donors (Lipinski definition) is 2. The van der Waals surface area contributed by atoms with E-state index in [-0.39, 0.29) is 5.25 Å². The molecule has 1 spiro atoms. The van der Waals surface area contributed by atoms with Gasteiger partial charge in [0.15, 0.2) is 0 Å². The largest absolute Gasteiger partial charge is 0.490 e. The normalized spacial score (nSPS) is 20.4. The number of pyridine rings is 1. The van der Waals surface area contributed by atoms with E-state index < -0.39 is 34.3 Å². The number of nitrogens with zero attached hydrogens (tertiary/aromatic N) is 3. The Kier molecular flexibility index (Phi) is 9.93. The van der Waals surface area contributed by atoms with Crippen LogP contribution < -0.4 is 0 Å². The molecule has 1 aromatic rings. The van der Waals surface area contributed by atoms with E-state index in [2.05, 4.69) is 16.0 Å². The number of halogens is 6. The first-order valence-corrected chi connectivity index (χ1v) is 12.7. The Bertz CT molecular complexity index is 999. The number of alkyl halides is 6. The molecule has 3 fully saturated rings. The highest BCUT2D eigenvalue weighted by atomic mass is 32.2. The minimum absolute atomic E-state index is 0.0674. The molecular weight excluding hydrogens is 536 g/mol. The average Bonchev–Trinajstić information content (AvgIpc) is 3.59. The van der Waals surface area contributed by atoms with Crippen molar-refractivity contribution in [1.82, 2.24) is 14.2 Å². The van der Waals surface area contributed by atoms with Crippen LogP contribution in [0.2, 0.25) is 0 Å². The van der Waals surface area contributed by atoms with Crippen LogP contribution >= 0.6 is 0 Å². The Labute approximate surface area is 209 Å². The first-order valence-electron chi connectivity index (χ1n) is 11.2. The van der Waals surface area contributed by atoms with Gasteiger partial charge in [0, 0.05) is 38.6 Å². The molecule has 2 aliphatic heterocycles. The Morgan fingerprint density at radius 1 is 0.973 bits per heavy atom. The summed E-state index contributed by atoms with van der Waals surface area (Å²) in [6.45, 7) is 4.61. The van der Waals surface area contributed by atoms with Crippen molar-refractivity contribution in [2.75, 3.05) is 26.2 Å². The lowest BCUT2D eigenvalue weighted by Gasteiger charge is -2.38. The van der Waals surface area contributed by atoms with Crippen LogP contribution in [0.5, 0.6) is 0 Å². The van der Waals surface area contributed by atoms with Gasteiger partial charge in [-0.2, -0.15) is 26.3 Å². The third kappa shape index (κ3) is 9.41. The van der Waals surface area contributed by atoms with Crippen molar-refractivity contribution < 1.29 is 54.6 Å². The molecule has 4 rings (SSSR count). The molecule has 0 bridgehead atoms. The lowest BCUT2D eigenvalue weighted by Crippen LogP contribution is -2.45. The molecule has 37 heavy (non-hydrogen) atoms. The Balaban J connectivity index is 0.000000286. The first kappa shape index (κ1) is 30.8. The van der Waals surface area contributed by atoms with Gasteiger partial charge in [0.25, 0.3) is 0 Å². The maximum absolute atomic E-state index is 12.4. The van der Waals surface area contributed by atoms with Crippen molar-refractivity contribution in [2.24, 2.45) is 5.41 Å². The Morgan fingerprint density at radius 3 is 1.86 bits per heavy atom. The second kappa shape index (κ2) is 11.9. The van der Waals surface area contributed by atoms with Gasteiger partial charge in [-0.3, -0.25) is 9.88 Å². The van der Waals surface area contributed by atoms with Crippen molar-refractivity contribution >= 4 is 22.0 Å². The molecule has 210 valence electrons. The zero-order valence-corrected chi connectivity index (χ0v) is 20.3. The maximum atomic E-state index is 12.4. The highest BCUT2D eigenvalue weighted by molar-refractivity contribution is 7.90. The summed E-state index contributed by atoms with van der Waals surface area (Å²) in [7, 11) is -2.99. The summed E-state index contributed by atoms with van der Waals surface area (Å²) >= 11 is 0. The van der Waals surface area contributed by atoms with Gasteiger partial charge in [0.05, 0.1) is 5.25 Å². The van der Waals surface area contributed by atoms with E-state index in [1.54, 1.807) is 4.31 Å². The van der Waals surface area contributed by atoms with Crippen LogP contribution in [0.3, 0.4) is 0 Å². The van der Waals surface area contributed by atoms with E-state index in [1.165, 1.54) is 12.0 Å². The number of carboxylic acid groups (broad SMARTS) is 2. The fourth-order valence-corrected chi connectivity index (χ4v) is 5.96. The van der Waals surface area contributed by atoms with Crippen LogP contribution in [0.1, 0.15) is 37.7 Å². The van der Waals surface area contributed by atoms with Crippen LogP contribution in [-0.2, 0) is 26.2 Å².